The summed E-state index contributed by atoms with van der Waals surface area (Å²) >= 11 is 1.51. The molecule has 4 rings (SSSR count). The molecule has 2 aliphatic rings. The van der Waals surface area contributed by atoms with E-state index >= 15 is 0 Å². The Kier molecular flexibility index (Phi) is 3.76. The number of allylic oxidation sites excluding steroid dienone is 2. The van der Waals surface area contributed by atoms with E-state index in [0.717, 1.165) is 29.2 Å². The number of Topliss-reactive ketones (excluding diaryl/α,β-unsaturated/α-hetero) is 1. The van der Waals surface area contributed by atoms with Crippen LogP contribution in [0, 0.1) is 12.3 Å². The third-order valence-electron chi connectivity index (χ3n) is 4.89. The first-order valence-electron chi connectivity index (χ1n) is 8.48. The molecule has 130 valence electrons. The second-order valence-electron chi connectivity index (χ2n) is 7.64. The quantitative estimate of drug-likeness (QED) is 0.827. The monoisotopic (exact) mass is 354 g/mol. The number of aryl methyl sites for hydroxylation is 1. The number of carbonyl (C=O) groups excluding carboxylic acids is 1. The average molecular weight is 354 g/mol. The Bertz CT molecular complexity index is 879. The van der Waals surface area contributed by atoms with E-state index in [-0.39, 0.29) is 17.2 Å². The average Bonchev–Trinajstić information content (AvgIpc) is 2.95. The molecule has 1 atom stereocenters. The lowest BCUT2D eigenvalue weighted by Crippen LogP contribution is -2.36. The second-order valence-corrected chi connectivity index (χ2v) is 8.41. The fraction of sp³-hybridized carbons (Fsp3) is 0.421. The van der Waals surface area contributed by atoms with E-state index in [0.29, 0.717) is 11.6 Å². The van der Waals surface area contributed by atoms with Gasteiger partial charge in [0, 0.05) is 17.7 Å². The Hall–Kier alpha value is -2.08. The molecular weight excluding hydrogens is 332 g/mol. The number of benzene rings is 1. The van der Waals surface area contributed by atoms with E-state index in [2.05, 4.69) is 60.4 Å². The second kappa shape index (κ2) is 5.73. The molecule has 6 heteroatoms. The Morgan fingerprint density at radius 3 is 2.64 bits per heavy atom. The maximum absolute atomic E-state index is 13.0. The Morgan fingerprint density at radius 1 is 1.24 bits per heavy atom. The highest BCUT2D eigenvalue weighted by molar-refractivity contribution is 7.98. The minimum Gasteiger partial charge on any atom is -0.328 e. The van der Waals surface area contributed by atoms with Gasteiger partial charge in [0.05, 0.1) is 0 Å². The molecule has 0 saturated heterocycles. The SMILES string of the molecule is CSc1nc2n(n1)[C@H](c1ccc(C)cc1)C1=C(CC(C)(C)CC1=O)N2. The molecule has 0 spiro atoms. The van der Waals surface area contributed by atoms with Crippen LogP contribution in [0.15, 0.2) is 40.7 Å². The first-order valence-corrected chi connectivity index (χ1v) is 9.71. The molecule has 0 bridgehead atoms. The van der Waals surface area contributed by atoms with Crippen molar-refractivity contribution >= 4 is 23.5 Å². The molecule has 1 aromatic heterocycles. The summed E-state index contributed by atoms with van der Waals surface area (Å²) in [6.07, 6.45) is 3.37. The Morgan fingerprint density at radius 2 is 1.96 bits per heavy atom. The zero-order valence-corrected chi connectivity index (χ0v) is 15.8. The summed E-state index contributed by atoms with van der Waals surface area (Å²) in [5.74, 6) is 0.926. The predicted octanol–water partition coefficient (Wildman–Crippen LogP) is 3.97. The van der Waals surface area contributed by atoms with Crippen LogP contribution in [0.5, 0.6) is 0 Å². The first kappa shape index (κ1) is 16.4. The lowest BCUT2D eigenvalue weighted by Gasteiger charge is -2.38. The van der Waals surface area contributed by atoms with Gasteiger partial charge < -0.3 is 5.32 Å². The van der Waals surface area contributed by atoms with Gasteiger partial charge in [0.2, 0.25) is 11.1 Å². The van der Waals surface area contributed by atoms with Crippen LogP contribution in [0.1, 0.15) is 43.9 Å². The third kappa shape index (κ3) is 2.78. The van der Waals surface area contributed by atoms with Crippen LogP contribution in [0.4, 0.5) is 5.95 Å². The van der Waals surface area contributed by atoms with Gasteiger partial charge in [0.1, 0.15) is 6.04 Å². The number of hydrogen-bond donors (Lipinski definition) is 1. The lowest BCUT2D eigenvalue weighted by molar-refractivity contribution is -0.118. The first-order chi connectivity index (χ1) is 11.9. The van der Waals surface area contributed by atoms with Crippen LogP contribution in [-0.2, 0) is 4.79 Å². The van der Waals surface area contributed by atoms with Gasteiger partial charge in [-0.2, -0.15) is 4.98 Å². The Balaban J connectivity index is 1.90. The van der Waals surface area contributed by atoms with Crippen LogP contribution in [0.25, 0.3) is 0 Å². The van der Waals surface area contributed by atoms with Crippen LogP contribution >= 0.6 is 11.8 Å². The molecule has 0 unspecified atom stereocenters. The number of thioether (sulfide) groups is 1. The van der Waals surface area contributed by atoms with Crippen LogP contribution in [0.2, 0.25) is 0 Å². The molecule has 2 heterocycles. The van der Waals surface area contributed by atoms with E-state index < -0.39 is 0 Å². The molecule has 2 aromatic rings. The summed E-state index contributed by atoms with van der Waals surface area (Å²) in [6.45, 7) is 6.35. The lowest BCUT2D eigenvalue weighted by atomic mass is 9.73. The standard InChI is InChI=1S/C19H22N4OS/c1-11-5-7-12(8-6-11)16-15-13(9-19(2,3)10-14(15)24)20-17-21-18(25-4)22-23(16)17/h5-8,16H,9-10H2,1-4H3,(H,20,21,22)/t16-/m1/s1. The Labute approximate surface area is 151 Å². The summed E-state index contributed by atoms with van der Waals surface area (Å²) < 4.78 is 1.87. The van der Waals surface area contributed by atoms with Crippen LogP contribution < -0.4 is 5.32 Å². The summed E-state index contributed by atoms with van der Waals surface area (Å²) in [5, 5.41) is 8.73. The minimum atomic E-state index is -0.205. The molecular formula is C19H22N4OS. The molecule has 25 heavy (non-hydrogen) atoms. The maximum Gasteiger partial charge on any atom is 0.227 e. The number of fused-ring (bicyclic) bond motifs is 1. The molecule has 5 nitrogen and oxygen atoms in total. The molecule has 0 fully saturated rings. The fourth-order valence-electron chi connectivity index (χ4n) is 3.73. The normalized spacial score (nSPS) is 21.6. The molecule has 1 N–H and O–H groups in total. The molecule has 1 aliphatic heterocycles. The highest BCUT2D eigenvalue weighted by Crippen LogP contribution is 2.45. The molecule has 0 radical (unpaired) electrons. The van der Waals surface area contributed by atoms with Crippen molar-refractivity contribution in [3.8, 4) is 0 Å². The topological polar surface area (TPSA) is 59.8 Å². The van der Waals surface area contributed by atoms with Crippen LogP contribution in [0.3, 0.4) is 0 Å². The minimum absolute atomic E-state index is 0.0364. The fourth-order valence-corrected chi connectivity index (χ4v) is 4.08. The maximum atomic E-state index is 13.0. The van der Waals surface area contributed by atoms with Crippen molar-refractivity contribution < 1.29 is 4.79 Å². The molecule has 0 amide bonds. The number of rotatable bonds is 2. The van der Waals surface area contributed by atoms with Crippen molar-refractivity contribution in [1.82, 2.24) is 14.8 Å². The zero-order chi connectivity index (χ0) is 17.8. The summed E-state index contributed by atoms with van der Waals surface area (Å²) in [5.41, 5.74) is 4.08. The van der Waals surface area contributed by atoms with Crippen molar-refractivity contribution in [1.29, 1.82) is 0 Å². The largest absolute Gasteiger partial charge is 0.328 e. The van der Waals surface area contributed by atoms with Gasteiger partial charge in [-0.15, -0.1) is 5.10 Å². The van der Waals surface area contributed by atoms with Gasteiger partial charge >= 0.3 is 0 Å². The van der Waals surface area contributed by atoms with Crippen molar-refractivity contribution in [2.24, 2.45) is 5.41 Å². The summed E-state index contributed by atoms with van der Waals surface area (Å²) in [7, 11) is 0. The van der Waals surface area contributed by atoms with Gasteiger partial charge in [-0.3, -0.25) is 4.79 Å². The van der Waals surface area contributed by atoms with Crippen molar-refractivity contribution in [2.75, 3.05) is 11.6 Å². The van der Waals surface area contributed by atoms with Crippen molar-refractivity contribution in [3.63, 3.8) is 0 Å². The smallest absolute Gasteiger partial charge is 0.227 e. The van der Waals surface area contributed by atoms with E-state index in [4.69, 9.17) is 0 Å². The number of nitrogens with zero attached hydrogens (tertiary/aromatic N) is 3. The van der Waals surface area contributed by atoms with Gasteiger partial charge in [-0.25, -0.2) is 4.68 Å². The highest BCUT2D eigenvalue weighted by Gasteiger charge is 2.41. The predicted molar refractivity (Wildman–Crippen MR) is 99.8 cm³/mol. The van der Waals surface area contributed by atoms with E-state index in [1.165, 1.54) is 17.3 Å². The van der Waals surface area contributed by atoms with E-state index in [9.17, 15) is 4.79 Å². The van der Waals surface area contributed by atoms with Gasteiger partial charge in [-0.1, -0.05) is 55.4 Å². The third-order valence-corrected chi connectivity index (χ3v) is 5.43. The van der Waals surface area contributed by atoms with Crippen molar-refractivity contribution in [2.45, 2.75) is 44.8 Å². The van der Waals surface area contributed by atoms with Gasteiger partial charge in [0.15, 0.2) is 5.78 Å². The van der Waals surface area contributed by atoms with Crippen molar-refractivity contribution in [3.05, 3.63) is 46.7 Å². The molecule has 1 aliphatic carbocycles. The molecule has 1 aromatic carbocycles. The highest BCUT2D eigenvalue weighted by atomic mass is 32.2. The number of carbonyl (C=O) groups is 1. The van der Waals surface area contributed by atoms with Crippen LogP contribution in [-0.4, -0.2) is 26.8 Å². The van der Waals surface area contributed by atoms with E-state index in [1.807, 2.05) is 10.9 Å². The number of anilines is 1. The molecule has 0 saturated carbocycles. The number of aromatic nitrogens is 3. The van der Waals surface area contributed by atoms with Gasteiger partial charge in [0.25, 0.3) is 0 Å². The van der Waals surface area contributed by atoms with Gasteiger partial charge in [-0.05, 0) is 30.6 Å². The number of nitrogens with one attached hydrogen (secondary N) is 1. The zero-order valence-electron chi connectivity index (χ0n) is 15.0. The van der Waals surface area contributed by atoms with E-state index in [1.54, 1.807) is 0 Å². The summed E-state index contributed by atoms with van der Waals surface area (Å²) in [4.78, 5) is 17.6. The summed E-state index contributed by atoms with van der Waals surface area (Å²) in [6, 6.07) is 8.14. The number of hydrogen-bond acceptors (Lipinski definition) is 5. The number of ketones is 1.